The molecule has 110 valence electrons. The minimum absolute atomic E-state index is 0.166. The molecule has 20 heavy (non-hydrogen) atoms. The summed E-state index contributed by atoms with van der Waals surface area (Å²) in [5.41, 5.74) is 0.574. The van der Waals surface area contributed by atoms with Gasteiger partial charge in [0.1, 0.15) is 13.2 Å². The van der Waals surface area contributed by atoms with Crippen molar-refractivity contribution in [1.82, 2.24) is 0 Å². The zero-order chi connectivity index (χ0) is 14.2. The Morgan fingerprint density at radius 3 is 2.65 bits per heavy atom. The quantitative estimate of drug-likeness (QED) is 0.895. The van der Waals surface area contributed by atoms with Crippen LogP contribution in [0.2, 0.25) is 0 Å². The summed E-state index contributed by atoms with van der Waals surface area (Å²) in [7, 11) is -3.21. The second-order valence-corrected chi connectivity index (χ2v) is 7.59. The first kappa shape index (κ1) is 13.7. The van der Waals surface area contributed by atoms with Crippen molar-refractivity contribution in [3.63, 3.8) is 0 Å². The fourth-order valence-electron chi connectivity index (χ4n) is 2.79. The number of ether oxygens (including phenoxy) is 2. The Bertz CT molecular complexity index is 596. The third-order valence-corrected chi connectivity index (χ3v) is 6.16. The van der Waals surface area contributed by atoms with E-state index < -0.39 is 21.2 Å². The lowest BCUT2D eigenvalue weighted by atomic mass is 10.0. The molecule has 0 radical (unpaired) electrons. The summed E-state index contributed by atoms with van der Waals surface area (Å²) in [6.45, 7) is 0.972. The van der Waals surface area contributed by atoms with Gasteiger partial charge in [-0.15, -0.1) is 0 Å². The van der Waals surface area contributed by atoms with E-state index >= 15 is 0 Å². The van der Waals surface area contributed by atoms with Crippen molar-refractivity contribution in [3.8, 4) is 11.5 Å². The third-order valence-electron chi connectivity index (χ3n) is 3.89. The summed E-state index contributed by atoms with van der Waals surface area (Å²) in [6.07, 6.45) is 1.03. The molecule has 3 rings (SSSR count). The predicted molar refractivity (Wildman–Crippen MR) is 73.8 cm³/mol. The molecule has 2 atom stereocenters. The summed E-state index contributed by atoms with van der Waals surface area (Å²) in [5.74, 6) is 1.37. The zero-order valence-electron chi connectivity index (χ0n) is 11.1. The minimum Gasteiger partial charge on any atom is -0.486 e. The molecule has 1 fully saturated rings. The molecule has 1 aromatic rings. The van der Waals surface area contributed by atoms with E-state index in [-0.39, 0.29) is 5.75 Å². The maximum Gasteiger partial charge on any atom is 0.161 e. The molecule has 2 aliphatic heterocycles. The monoisotopic (exact) mass is 298 g/mol. The van der Waals surface area contributed by atoms with Gasteiger partial charge in [-0.1, -0.05) is 12.5 Å². The van der Waals surface area contributed by atoms with Crippen molar-refractivity contribution in [2.45, 2.75) is 30.6 Å². The Labute approximate surface area is 118 Å². The first-order valence-corrected chi connectivity index (χ1v) is 8.59. The highest BCUT2D eigenvalue weighted by Crippen LogP contribution is 2.36. The lowest BCUT2D eigenvalue weighted by molar-refractivity contribution is 0.157. The highest BCUT2D eigenvalue weighted by molar-refractivity contribution is 7.92. The van der Waals surface area contributed by atoms with Gasteiger partial charge in [0.25, 0.3) is 0 Å². The van der Waals surface area contributed by atoms with Crippen LogP contribution in [-0.2, 0) is 9.84 Å². The summed E-state index contributed by atoms with van der Waals surface area (Å²) >= 11 is 0. The fraction of sp³-hybridized carbons (Fsp3) is 0.571. The summed E-state index contributed by atoms with van der Waals surface area (Å²) in [6, 6.07) is 5.12. The Morgan fingerprint density at radius 2 is 1.90 bits per heavy atom. The lowest BCUT2D eigenvalue weighted by Gasteiger charge is -2.27. The highest BCUT2D eigenvalue weighted by atomic mass is 32.2. The van der Waals surface area contributed by atoms with E-state index in [0.29, 0.717) is 43.1 Å². The maximum absolute atomic E-state index is 12.1. The Kier molecular flexibility index (Phi) is 3.60. The van der Waals surface area contributed by atoms with Crippen LogP contribution in [0.3, 0.4) is 0 Å². The van der Waals surface area contributed by atoms with Gasteiger partial charge < -0.3 is 14.6 Å². The molecule has 5 nitrogen and oxygen atoms in total. The van der Waals surface area contributed by atoms with Crippen molar-refractivity contribution in [3.05, 3.63) is 23.8 Å². The predicted octanol–water partition coefficient (Wildman–Crippen LogP) is 1.46. The average Bonchev–Trinajstić information content (AvgIpc) is 2.45. The second-order valence-electron chi connectivity index (χ2n) is 5.25. The van der Waals surface area contributed by atoms with Crippen LogP contribution in [0.5, 0.6) is 11.5 Å². The van der Waals surface area contributed by atoms with Crippen LogP contribution in [0.25, 0.3) is 0 Å². The van der Waals surface area contributed by atoms with Crippen molar-refractivity contribution >= 4 is 9.84 Å². The molecule has 1 aromatic carbocycles. The van der Waals surface area contributed by atoms with Gasteiger partial charge >= 0.3 is 0 Å². The van der Waals surface area contributed by atoms with Crippen LogP contribution in [0.15, 0.2) is 18.2 Å². The van der Waals surface area contributed by atoms with Gasteiger partial charge in [0.15, 0.2) is 21.3 Å². The van der Waals surface area contributed by atoms with Crippen molar-refractivity contribution < 1.29 is 23.0 Å². The molecule has 6 heteroatoms. The van der Waals surface area contributed by atoms with Gasteiger partial charge in [0.2, 0.25) is 0 Å². The number of sulfone groups is 1. The first-order valence-electron chi connectivity index (χ1n) is 6.87. The number of hydrogen-bond donors (Lipinski definition) is 1. The number of aliphatic hydroxyl groups excluding tert-OH is 1. The number of rotatable bonds is 2. The summed E-state index contributed by atoms with van der Waals surface area (Å²) < 4.78 is 35.0. The van der Waals surface area contributed by atoms with E-state index in [1.807, 2.05) is 0 Å². The largest absolute Gasteiger partial charge is 0.486 e. The Hall–Kier alpha value is -1.27. The van der Waals surface area contributed by atoms with Gasteiger partial charge in [-0.2, -0.15) is 0 Å². The topological polar surface area (TPSA) is 72.8 Å². The van der Waals surface area contributed by atoms with E-state index in [4.69, 9.17) is 9.47 Å². The second kappa shape index (κ2) is 5.26. The highest BCUT2D eigenvalue weighted by Gasteiger charge is 2.35. The lowest BCUT2D eigenvalue weighted by Crippen LogP contribution is -2.33. The van der Waals surface area contributed by atoms with E-state index in [1.165, 1.54) is 0 Å². The molecule has 0 bridgehead atoms. The standard InChI is InChI=1S/C14H18O5S/c15-14(13-3-1-2-8-20(13,16)17)10-4-5-11-12(9-10)19-7-6-18-11/h4-5,9,13-15H,1-3,6-8H2. The summed E-state index contributed by atoms with van der Waals surface area (Å²) in [4.78, 5) is 0. The van der Waals surface area contributed by atoms with Crippen LogP contribution in [0.1, 0.15) is 30.9 Å². The molecule has 1 saturated heterocycles. The average molecular weight is 298 g/mol. The number of hydrogen-bond acceptors (Lipinski definition) is 5. The maximum atomic E-state index is 12.1. The molecule has 0 spiro atoms. The molecule has 0 aliphatic carbocycles. The molecule has 2 aliphatic rings. The van der Waals surface area contributed by atoms with E-state index in [0.717, 1.165) is 6.42 Å². The van der Waals surface area contributed by atoms with Crippen LogP contribution >= 0.6 is 0 Å². The van der Waals surface area contributed by atoms with Crippen molar-refractivity contribution in [1.29, 1.82) is 0 Å². The van der Waals surface area contributed by atoms with Gasteiger partial charge in [-0.25, -0.2) is 8.42 Å². The molecule has 0 aromatic heterocycles. The molecule has 2 unspecified atom stereocenters. The minimum atomic E-state index is -3.21. The van der Waals surface area contributed by atoms with E-state index in [1.54, 1.807) is 18.2 Å². The Balaban J connectivity index is 1.88. The molecular weight excluding hydrogens is 280 g/mol. The van der Waals surface area contributed by atoms with Crippen molar-refractivity contribution in [2.75, 3.05) is 19.0 Å². The van der Waals surface area contributed by atoms with Crippen LogP contribution < -0.4 is 9.47 Å². The fourth-order valence-corrected chi connectivity index (χ4v) is 4.78. The third kappa shape index (κ3) is 2.50. The molecular formula is C14H18O5S. The van der Waals surface area contributed by atoms with E-state index in [2.05, 4.69) is 0 Å². The number of fused-ring (bicyclic) bond motifs is 1. The van der Waals surface area contributed by atoms with Crippen LogP contribution in [-0.4, -0.2) is 37.7 Å². The van der Waals surface area contributed by atoms with Gasteiger partial charge in [-0.3, -0.25) is 0 Å². The SMILES string of the molecule is O=S1(=O)CCCCC1C(O)c1ccc2c(c1)OCCO2. The molecule has 1 N–H and O–H groups in total. The van der Waals surface area contributed by atoms with Crippen molar-refractivity contribution in [2.24, 2.45) is 0 Å². The van der Waals surface area contributed by atoms with E-state index in [9.17, 15) is 13.5 Å². The van der Waals surface area contributed by atoms with Gasteiger partial charge in [0, 0.05) is 0 Å². The Morgan fingerprint density at radius 1 is 1.15 bits per heavy atom. The van der Waals surface area contributed by atoms with Gasteiger partial charge in [-0.05, 0) is 30.5 Å². The first-order chi connectivity index (χ1) is 9.58. The molecule has 2 heterocycles. The normalized spacial score (nSPS) is 25.9. The van der Waals surface area contributed by atoms with Gasteiger partial charge in [0.05, 0.1) is 17.1 Å². The van der Waals surface area contributed by atoms with Crippen LogP contribution in [0, 0.1) is 0 Å². The van der Waals surface area contributed by atoms with Crippen LogP contribution in [0.4, 0.5) is 0 Å². The summed E-state index contributed by atoms with van der Waals surface area (Å²) in [5, 5.41) is 9.70. The molecule has 0 saturated carbocycles. The zero-order valence-corrected chi connectivity index (χ0v) is 11.9. The smallest absolute Gasteiger partial charge is 0.161 e. The molecule has 0 amide bonds. The number of benzene rings is 1. The number of aliphatic hydroxyl groups is 1.